The molecule has 1 saturated heterocycles. The fourth-order valence-corrected chi connectivity index (χ4v) is 2.59. The van der Waals surface area contributed by atoms with Crippen LogP contribution in [0.3, 0.4) is 0 Å². The Balaban J connectivity index is 1.81. The fraction of sp³-hybridized carbons (Fsp3) is 0.600. The molecule has 2 rings (SSSR count). The van der Waals surface area contributed by atoms with E-state index >= 15 is 0 Å². The van der Waals surface area contributed by atoms with Gasteiger partial charge in [-0.05, 0) is 43.8 Å². The first-order chi connectivity index (χ1) is 9.69. The van der Waals surface area contributed by atoms with Crippen LogP contribution in [-0.2, 0) is 6.42 Å². The van der Waals surface area contributed by atoms with E-state index in [0.717, 1.165) is 55.5 Å². The third kappa shape index (κ3) is 4.63. The van der Waals surface area contributed by atoms with Crippen LogP contribution in [0.2, 0.25) is 5.02 Å². The van der Waals surface area contributed by atoms with Crippen molar-refractivity contribution in [2.75, 3.05) is 52.9 Å². The number of halogens is 1. The quantitative estimate of drug-likeness (QED) is 0.863. The SMILES string of the molecule is CN1CCN(CCOc2ccc(Cl)cc2CCN)CC1. The number of nitrogens with zero attached hydrogens (tertiary/aromatic N) is 2. The highest BCUT2D eigenvalue weighted by Crippen LogP contribution is 2.23. The van der Waals surface area contributed by atoms with Gasteiger partial charge in [-0.15, -0.1) is 0 Å². The molecule has 1 aromatic rings. The van der Waals surface area contributed by atoms with Gasteiger partial charge in [-0.2, -0.15) is 0 Å². The van der Waals surface area contributed by atoms with Crippen molar-refractivity contribution >= 4 is 11.6 Å². The molecular formula is C15H24ClN3O. The van der Waals surface area contributed by atoms with E-state index in [1.165, 1.54) is 0 Å². The minimum Gasteiger partial charge on any atom is -0.492 e. The lowest BCUT2D eigenvalue weighted by Gasteiger charge is -2.32. The first-order valence-corrected chi connectivity index (χ1v) is 7.59. The fourth-order valence-electron chi connectivity index (χ4n) is 2.40. The molecule has 0 atom stereocenters. The van der Waals surface area contributed by atoms with Gasteiger partial charge in [0.15, 0.2) is 0 Å². The monoisotopic (exact) mass is 297 g/mol. The predicted octanol–water partition coefficient (Wildman–Crippen LogP) is 1.47. The van der Waals surface area contributed by atoms with Gasteiger partial charge in [0.1, 0.15) is 12.4 Å². The maximum atomic E-state index is 6.01. The van der Waals surface area contributed by atoms with Gasteiger partial charge in [0, 0.05) is 37.7 Å². The van der Waals surface area contributed by atoms with Gasteiger partial charge in [0.2, 0.25) is 0 Å². The normalized spacial score (nSPS) is 17.4. The molecular weight excluding hydrogens is 274 g/mol. The Morgan fingerprint density at radius 2 is 2.00 bits per heavy atom. The van der Waals surface area contributed by atoms with E-state index in [4.69, 9.17) is 22.1 Å². The van der Waals surface area contributed by atoms with E-state index in [9.17, 15) is 0 Å². The molecule has 5 heteroatoms. The van der Waals surface area contributed by atoms with E-state index in [1.54, 1.807) is 0 Å². The summed E-state index contributed by atoms with van der Waals surface area (Å²) in [6.07, 6.45) is 0.796. The van der Waals surface area contributed by atoms with Crippen LogP contribution in [0.25, 0.3) is 0 Å². The first kappa shape index (κ1) is 15.6. The van der Waals surface area contributed by atoms with Gasteiger partial charge in [0.05, 0.1) is 0 Å². The van der Waals surface area contributed by atoms with Crippen LogP contribution in [0.1, 0.15) is 5.56 Å². The smallest absolute Gasteiger partial charge is 0.122 e. The van der Waals surface area contributed by atoms with Crippen molar-refractivity contribution in [3.8, 4) is 5.75 Å². The Kier molecular flexibility index (Phi) is 6.10. The van der Waals surface area contributed by atoms with E-state index < -0.39 is 0 Å². The molecule has 20 heavy (non-hydrogen) atoms. The van der Waals surface area contributed by atoms with Gasteiger partial charge in [-0.25, -0.2) is 0 Å². The second-order valence-corrected chi connectivity index (χ2v) is 5.72. The standard InChI is InChI=1S/C15H24ClN3O/c1-18-6-8-19(9-7-18)10-11-20-15-3-2-14(16)12-13(15)4-5-17/h2-3,12H,4-11,17H2,1H3. The lowest BCUT2D eigenvalue weighted by molar-refractivity contribution is 0.133. The van der Waals surface area contributed by atoms with Crippen molar-refractivity contribution in [3.05, 3.63) is 28.8 Å². The van der Waals surface area contributed by atoms with Crippen LogP contribution in [0.4, 0.5) is 0 Å². The Morgan fingerprint density at radius 3 is 2.70 bits per heavy atom. The average molecular weight is 298 g/mol. The van der Waals surface area contributed by atoms with Crippen LogP contribution >= 0.6 is 11.6 Å². The maximum Gasteiger partial charge on any atom is 0.122 e. The molecule has 0 amide bonds. The molecule has 0 bridgehead atoms. The summed E-state index contributed by atoms with van der Waals surface area (Å²) in [5.74, 6) is 0.911. The molecule has 1 aliphatic heterocycles. The number of hydrogen-bond acceptors (Lipinski definition) is 4. The van der Waals surface area contributed by atoms with Crippen LogP contribution < -0.4 is 10.5 Å². The highest BCUT2D eigenvalue weighted by molar-refractivity contribution is 6.30. The molecule has 112 valence electrons. The summed E-state index contributed by atoms with van der Waals surface area (Å²) in [7, 11) is 2.17. The van der Waals surface area contributed by atoms with Crippen LogP contribution in [0.5, 0.6) is 5.75 Å². The van der Waals surface area contributed by atoms with Crippen molar-refractivity contribution in [3.63, 3.8) is 0 Å². The number of benzene rings is 1. The molecule has 1 aromatic carbocycles. The van der Waals surface area contributed by atoms with Gasteiger partial charge in [-0.1, -0.05) is 11.6 Å². The molecule has 0 aliphatic carbocycles. The number of hydrogen-bond donors (Lipinski definition) is 1. The molecule has 1 aliphatic rings. The Hall–Kier alpha value is -0.810. The average Bonchev–Trinajstić information content (AvgIpc) is 2.44. The summed E-state index contributed by atoms with van der Waals surface area (Å²) in [5, 5.41) is 0.736. The third-order valence-electron chi connectivity index (χ3n) is 3.70. The van der Waals surface area contributed by atoms with Crippen LogP contribution in [0.15, 0.2) is 18.2 Å². The summed E-state index contributed by atoms with van der Waals surface area (Å²) < 4.78 is 5.90. The summed E-state index contributed by atoms with van der Waals surface area (Å²) >= 11 is 6.01. The van der Waals surface area contributed by atoms with Crippen molar-refractivity contribution in [2.24, 2.45) is 5.73 Å². The lowest BCUT2D eigenvalue weighted by atomic mass is 10.1. The zero-order chi connectivity index (χ0) is 14.4. The zero-order valence-corrected chi connectivity index (χ0v) is 12.9. The molecule has 1 heterocycles. The van der Waals surface area contributed by atoms with E-state index in [-0.39, 0.29) is 0 Å². The summed E-state index contributed by atoms with van der Waals surface area (Å²) in [6, 6.07) is 5.75. The van der Waals surface area contributed by atoms with Gasteiger partial charge in [-0.3, -0.25) is 4.90 Å². The zero-order valence-electron chi connectivity index (χ0n) is 12.1. The van der Waals surface area contributed by atoms with Crippen LogP contribution in [-0.4, -0.2) is 62.7 Å². The molecule has 0 radical (unpaired) electrons. The van der Waals surface area contributed by atoms with E-state index in [0.29, 0.717) is 13.2 Å². The summed E-state index contributed by atoms with van der Waals surface area (Å²) in [5.41, 5.74) is 6.72. The number of piperazine rings is 1. The van der Waals surface area contributed by atoms with Gasteiger partial charge < -0.3 is 15.4 Å². The Labute approximate surface area is 126 Å². The summed E-state index contributed by atoms with van der Waals surface area (Å²) in [4.78, 5) is 4.80. The van der Waals surface area contributed by atoms with Crippen molar-refractivity contribution in [1.82, 2.24) is 9.80 Å². The van der Waals surface area contributed by atoms with E-state index in [2.05, 4.69) is 16.8 Å². The molecule has 1 fully saturated rings. The van der Waals surface area contributed by atoms with Gasteiger partial charge >= 0.3 is 0 Å². The maximum absolute atomic E-state index is 6.01. The predicted molar refractivity (Wildman–Crippen MR) is 83.6 cm³/mol. The largest absolute Gasteiger partial charge is 0.492 e. The summed E-state index contributed by atoms with van der Waals surface area (Å²) in [6.45, 7) is 6.81. The van der Waals surface area contributed by atoms with Crippen molar-refractivity contribution < 1.29 is 4.74 Å². The second kappa shape index (κ2) is 7.84. The second-order valence-electron chi connectivity index (χ2n) is 5.28. The number of likely N-dealkylation sites (N-methyl/N-ethyl adjacent to an activating group) is 1. The lowest BCUT2D eigenvalue weighted by Crippen LogP contribution is -2.45. The first-order valence-electron chi connectivity index (χ1n) is 7.21. The number of nitrogens with two attached hydrogens (primary N) is 1. The minimum absolute atomic E-state index is 0.606. The molecule has 0 saturated carbocycles. The molecule has 0 aromatic heterocycles. The third-order valence-corrected chi connectivity index (χ3v) is 3.93. The highest BCUT2D eigenvalue weighted by atomic mass is 35.5. The van der Waals surface area contributed by atoms with Crippen molar-refractivity contribution in [2.45, 2.75) is 6.42 Å². The number of ether oxygens (including phenoxy) is 1. The highest BCUT2D eigenvalue weighted by Gasteiger charge is 2.13. The molecule has 0 spiro atoms. The molecule has 2 N–H and O–H groups in total. The Bertz CT molecular complexity index is 420. The number of rotatable bonds is 6. The Morgan fingerprint density at radius 1 is 1.25 bits per heavy atom. The van der Waals surface area contributed by atoms with Crippen LogP contribution in [0, 0.1) is 0 Å². The van der Waals surface area contributed by atoms with Crippen molar-refractivity contribution in [1.29, 1.82) is 0 Å². The van der Waals surface area contributed by atoms with Gasteiger partial charge in [0.25, 0.3) is 0 Å². The minimum atomic E-state index is 0.606. The molecule has 4 nitrogen and oxygen atoms in total. The van der Waals surface area contributed by atoms with E-state index in [1.807, 2.05) is 18.2 Å². The topological polar surface area (TPSA) is 41.7 Å². The molecule has 0 unspecified atom stereocenters.